The first kappa shape index (κ1) is 96.8. The van der Waals surface area contributed by atoms with Crippen LogP contribution in [0.4, 0.5) is 0 Å². The minimum Gasteiger partial charge on any atom is -2.00 e. The van der Waals surface area contributed by atoms with E-state index in [9.17, 15) is 0 Å². The molecule has 0 saturated heterocycles. The van der Waals surface area contributed by atoms with E-state index in [0.29, 0.717) is 0 Å². The molecule has 3 nitrogen and oxygen atoms in total. The topological polar surface area (TPSA) is 85.5 Å². The van der Waals surface area contributed by atoms with E-state index < -0.39 is 0 Å². The Hall–Kier alpha value is 0.867. The third-order valence-corrected chi connectivity index (χ3v) is 0. The van der Waals surface area contributed by atoms with Crippen molar-refractivity contribution in [3.63, 3.8) is 0 Å². The molecule has 0 radical (unpaired) electrons. The number of hydrogen-bond acceptors (Lipinski definition) is 0. The van der Waals surface area contributed by atoms with Gasteiger partial charge in [-0.3, -0.25) is 0 Å². The van der Waals surface area contributed by atoms with Crippen molar-refractivity contribution < 1.29 is 45.6 Å². The summed E-state index contributed by atoms with van der Waals surface area (Å²) in [6.45, 7) is 0. The van der Waals surface area contributed by atoms with Crippen LogP contribution < -0.4 is 0 Å². The van der Waals surface area contributed by atoms with Gasteiger partial charge < -0.3 is 16.4 Å². The molecule has 0 bridgehead atoms. The maximum Gasteiger partial charge on any atom is 6.00 e. The first-order chi connectivity index (χ1) is 0. The molecular formula is O3Pu. The fraction of sp³-hybridized carbons (Fsp3) is 0. The Morgan fingerprint density at radius 3 is 0.500 bits per heavy atom. The van der Waals surface area contributed by atoms with Crippen molar-refractivity contribution in [3.05, 3.63) is 0 Å². The molecule has 0 aliphatic rings. The minimum absolute atomic E-state index is 0. The van der Waals surface area contributed by atoms with Gasteiger partial charge in [0.25, 0.3) is 0 Å². The zero-order chi connectivity index (χ0) is 0. The Balaban J connectivity index is 0. The zero-order valence-corrected chi connectivity index (χ0v) is 5.03. The van der Waals surface area contributed by atoms with Crippen LogP contribution in [0.15, 0.2) is 0 Å². The van der Waals surface area contributed by atoms with Crippen molar-refractivity contribution in [3.8, 4) is 0 Å². The molecular weight excluding hydrogens is 292 g/mol. The van der Waals surface area contributed by atoms with Gasteiger partial charge in [0.2, 0.25) is 0 Å². The fourth-order valence-electron chi connectivity index (χ4n) is 0. The Kier molecular flexibility index (Phi) is 1020. The van der Waals surface area contributed by atoms with Gasteiger partial charge in [-0.15, -0.1) is 0 Å². The maximum atomic E-state index is 0. The van der Waals surface area contributed by atoms with E-state index in [0.717, 1.165) is 0 Å². The molecule has 0 spiro atoms. The molecule has 0 amide bonds. The SMILES string of the molecule is [O-2].[O-2].[O-2].[Pu+6]. The third kappa shape index (κ3) is 13.3. The zero-order valence-electron chi connectivity index (χ0n) is 1.63. The van der Waals surface area contributed by atoms with Gasteiger partial charge in [-0.25, -0.2) is 0 Å². The third-order valence-electron chi connectivity index (χ3n) is 0. The van der Waals surface area contributed by atoms with Crippen LogP contribution in [0.25, 0.3) is 0 Å². The summed E-state index contributed by atoms with van der Waals surface area (Å²) in [5.41, 5.74) is 0. The molecule has 0 unspecified atom stereocenters. The Bertz CT molecular complexity index is 3.25. The summed E-state index contributed by atoms with van der Waals surface area (Å²) in [5.74, 6) is 0. The van der Waals surface area contributed by atoms with Crippen molar-refractivity contribution in [1.29, 1.82) is 0 Å². The maximum absolute atomic E-state index is 0. The molecule has 0 aliphatic heterocycles. The van der Waals surface area contributed by atoms with Gasteiger partial charge in [0.05, 0.1) is 0 Å². The second-order valence-corrected chi connectivity index (χ2v) is 0. The van der Waals surface area contributed by atoms with Gasteiger partial charge in [-0.2, -0.15) is 0 Å². The Morgan fingerprint density at radius 2 is 0.500 bits per heavy atom. The van der Waals surface area contributed by atoms with Crippen molar-refractivity contribution in [1.82, 2.24) is 0 Å². The van der Waals surface area contributed by atoms with Gasteiger partial charge in [0.1, 0.15) is 0 Å². The van der Waals surface area contributed by atoms with Crippen molar-refractivity contribution in [2.75, 3.05) is 0 Å². The molecule has 4 heteroatoms. The van der Waals surface area contributed by atoms with E-state index in [4.69, 9.17) is 0 Å². The Morgan fingerprint density at radius 1 is 0.500 bits per heavy atom. The first-order valence-corrected chi connectivity index (χ1v) is 0. The van der Waals surface area contributed by atoms with Crippen LogP contribution in [0.5, 0.6) is 0 Å². The van der Waals surface area contributed by atoms with Crippen LogP contribution in [-0.2, 0) is 16.4 Å². The van der Waals surface area contributed by atoms with Crippen LogP contribution >= 0.6 is 0 Å². The van der Waals surface area contributed by atoms with Crippen LogP contribution in [0, 0.1) is 29.2 Å². The standard InChI is InChI=1S/3O.Pu/q3*-2;+6. The quantitative estimate of drug-likeness (QED) is 0.584. The summed E-state index contributed by atoms with van der Waals surface area (Å²) in [6.07, 6.45) is 0. The smallest absolute Gasteiger partial charge is 2.00 e. The molecule has 0 aliphatic carbocycles. The molecule has 0 atom stereocenters. The molecule has 0 saturated carbocycles. The normalized spacial score (nSPS) is 0. The summed E-state index contributed by atoms with van der Waals surface area (Å²) in [5, 5.41) is 0. The van der Waals surface area contributed by atoms with Crippen molar-refractivity contribution >= 4 is 0 Å². The summed E-state index contributed by atoms with van der Waals surface area (Å²) >= 11 is 0. The number of rotatable bonds is 0. The van der Waals surface area contributed by atoms with E-state index in [2.05, 4.69) is 0 Å². The van der Waals surface area contributed by atoms with Crippen LogP contribution in [0.2, 0.25) is 0 Å². The molecule has 24 valence electrons. The van der Waals surface area contributed by atoms with Crippen LogP contribution in [0.3, 0.4) is 0 Å². The molecule has 0 rings (SSSR count). The van der Waals surface area contributed by atoms with E-state index in [-0.39, 0.29) is 45.6 Å². The minimum atomic E-state index is 0. The first-order valence-electron chi connectivity index (χ1n) is 0. The van der Waals surface area contributed by atoms with Gasteiger partial charge in [0, 0.05) is 0 Å². The monoisotopic (exact) mass is 286 g/mol. The summed E-state index contributed by atoms with van der Waals surface area (Å²) in [4.78, 5) is 0. The van der Waals surface area contributed by atoms with Crippen LogP contribution in [-0.4, -0.2) is 0 Å². The molecule has 4 heavy (non-hydrogen) atoms. The van der Waals surface area contributed by atoms with E-state index in [1.54, 1.807) is 0 Å². The Labute approximate surface area is 45.9 Å². The summed E-state index contributed by atoms with van der Waals surface area (Å²) in [7, 11) is 0. The summed E-state index contributed by atoms with van der Waals surface area (Å²) < 4.78 is 0. The van der Waals surface area contributed by atoms with Gasteiger partial charge in [0.15, 0.2) is 0 Å². The van der Waals surface area contributed by atoms with E-state index in [1.165, 1.54) is 0 Å². The van der Waals surface area contributed by atoms with Gasteiger partial charge >= 0.3 is 29.2 Å². The predicted molar refractivity (Wildman–Crippen MR) is 2.06 cm³/mol. The predicted octanol–water partition coefficient (Wildman–Crippen LogP) is -0.356. The second-order valence-electron chi connectivity index (χ2n) is 0. The van der Waals surface area contributed by atoms with E-state index in [1.807, 2.05) is 0 Å². The summed E-state index contributed by atoms with van der Waals surface area (Å²) in [6, 6.07) is 0. The van der Waals surface area contributed by atoms with E-state index >= 15 is 0 Å². The molecule has 0 fully saturated rings. The molecule has 0 N–H and O–H groups in total. The second kappa shape index (κ2) is 42.3. The van der Waals surface area contributed by atoms with Gasteiger partial charge in [-0.05, 0) is 0 Å². The number of hydrogen-bond donors (Lipinski definition) is 0. The molecule has 0 aromatic heterocycles. The van der Waals surface area contributed by atoms with Gasteiger partial charge in [-0.1, -0.05) is 0 Å². The average molecular weight is 292 g/mol. The average Bonchev–Trinajstić information content (AvgIpc) is 0. The van der Waals surface area contributed by atoms with Crippen molar-refractivity contribution in [2.24, 2.45) is 0 Å². The fourth-order valence-corrected chi connectivity index (χ4v) is 0. The largest absolute Gasteiger partial charge is 6.00 e. The molecule has 0 heterocycles. The van der Waals surface area contributed by atoms with Crippen LogP contribution in [0.1, 0.15) is 0 Å². The molecule has 0 aromatic carbocycles. The molecule has 0 aromatic rings. The van der Waals surface area contributed by atoms with Crippen molar-refractivity contribution in [2.45, 2.75) is 0 Å².